The fourth-order valence-electron chi connectivity index (χ4n) is 0.956. The van der Waals surface area contributed by atoms with Crippen molar-refractivity contribution in [3.63, 3.8) is 0 Å². The number of carboxylic acid groups (broad SMARTS) is 1. The maximum absolute atomic E-state index is 10.6. The molecule has 1 heterocycles. The molecule has 0 spiro atoms. The minimum Gasteiger partial charge on any atom is -0.476 e. The van der Waals surface area contributed by atoms with Crippen molar-refractivity contribution in [2.75, 3.05) is 12.4 Å². The van der Waals surface area contributed by atoms with Gasteiger partial charge in [-0.1, -0.05) is 6.08 Å². The maximum Gasteiger partial charge on any atom is 0.356 e. The second kappa shape index (κ2) is 3.75. The number of nitrogens with zero attached hydrogens (tertiary/aromatic N) is 2. The molecule has 1 aromatic rings. The molecular formula is C8H11N3O2. The van der Waals surface area contributed by atoms with Crippen LogP contribution in [0.3, 0.4) is 0 Å². The monoisotopic (exact) mass is 181 g/mol. The number of hydrogen-bond donors (Lipinski definition) is 2. The highest BCUT2D eigenvalue weighted by molar-refractivity contribution is 5.85. The first kappa shape index (κ1) is 9.31. The van der Waals surface area contributed by atoms with Crippen LogP contribution in [-0.2, 0) is 0 Å². The number of aromatic nitrogens is 2. The molecule has 70 valence electrons. The van der Waals surface area contributed by atoms with Crippen LogP contribution in [0.4, 0.5) is 5.95 Å². The summed E-state index contributed by atoms with van der Waals surface area (Å²) < 4.78 is 1.61. The van der Waals surface area contributed by atoms with Crippen molar-refractivity contribution in [2.45, 2.75) is 6.92 Å². The van der Waals surface area contributed by atoms with Crippen LogP contribution in [0.1, 0.15) is 17.4 Å². The quantitative estimate of drug-likeness (QED) is 0.733. The second-order valence-electron chi connectivity index (χ2n) is 2.39. The van der Waals surface area contributed by atoms with Crippen molar-refractivity contribution in [2.24, 2.45) is 0 Å². The van der Waals surface area contributed by atoms with E-state index in [1.54, 1.807) is 23.9 Å². The fourth-order valence-corrected chi connectivity index (χ4v) is 0.956. The Balaban J connectivity index is 3.11. The molecule has 0 unspecified atom stereocenters. The predicted molar refractivity (Wildman–Crippen MR) is 49.7 cm³/mol. The molecule has 5 nitrogen and oxygen atoms in total. The molecule has 0 atom stereocenters. The standard InChI is InChI=1S/C8H11N3O2/c1-3-4-11-5-6(7(12)13)10-8(11)9-2/h3-5H,1-2H3,(H,9,10)(H,12,13). The van der Waals surface area contributed by atoms with Crippen LogP contribution in [0, 0.1) is 0 Å². The van der Waals surface area contributed by atoms with E-state index in [9.17, 15) is 4.79 Å². The van der Waals surface area contributed by atoms with Gasteiger partial charge in [-0.05, 0) is 6.92 Å². The molecule has 0 aromatic carbocycles. The third-order valence-electron chi connectivity index (χ3n) is 1.48. The van der Waals surface area contributed by atoms with Crippen molar-refractivity contribution in [3.05, 3.63) is 18.0 Å². The number of aromatic carboxylic acids is 1. The Hall–Kier alpha value is -1.78. The van der Waals surface area contributed by atoms with Crippen molar-refractivity contribution in [1.29, 1.82) is 0 Å². The average molecular weight is 181 g/mol. The van der Waals surface area contributed by atoms with Gasteiger partial charge in [0.1, 0.15) is 0 Å². The molecule has 0 radical (unpaired) electrons. The molecule has 0 aliphatic rings. The SMILES string of the molecule is CC=Cn1cc(C(=O)O)nc1NC. The third-order valence-corrected chi connectivity index (χ3v) is 1.48. The van der Waals surface area contributed by atoms with E-state index in [0.717, 1.165) is 0 Å². The molecule has 0 fully saturated rings. The minimum atomic E-state index is -1.03. The fraction of sp³-hybridized carbons (Fsp3) is 0.250. The summed E-state index contributed by atoms with van der Waals surface area (Å²) in [6, 6.07) is 0. The van der Waals surface area contributed by atoms with E-state index < -0.39 is 5.97 Å². The maximum atomic E-state index is 10.6. The van der Waals surface area contributed by atoms with E-state index in [0.29, 0.717) is 5.95 Å². The Kier molecular flexibility index (Phi) is 2.69. The molecule has 0 amide bonds. The molecule has 0 saturated carbocycles. The number of carbonyl (C=O) groups is 1. The van der Waals surface area contributed by atoms with Crippen LogP contribution in [0.15, 0.2) is 12.3 Å². The number of allylic oxidation sites excluding steroid dienone is 1. The Morgan fingerprint density at radius 2 is 2.46 bits per heavy atom. The molecule has 0 bridgehead atoms. The van der Waals surface area contributed by atoms with E-state index in [1.165, 1.54) is 6.20 Å². The van der Waals surface area contributed by atoms with Crippen LogP contribution in [-0.4, -0.2) is 27.7 Å². The van der Waals surface area contributed by atoms with Gasteiger partial charge in [-0.2, -0.15) is 0 Å². The van der Waals surface area contributed by atoms with Gasteiger partial charge in [0.2, 0.25) is 5.95 Å². The largest absolute Gasteiger partial charge is 0.476 e. The minimum absolute atomic E-state index is 0.0300. The summed E-state index contributed by atoms with van der Waals surface area (Å²) in [6.45, 7) is 1.85. The first-order valence-electron chi connectivity index (χ1n) is 3.81. The van der Waals surface area contributed by atoms with Gasteiger partial charge < -0.3 is 10.4 Å². The lowest BCUT2D eigenvalue weighted by atomic mass is 10.5. The van der Waals surface area contributed by atoms with Gasteiger partial charge >= 0.3 is 5.97 Å². The van der Waals surface area contributed by atoms with Gasteiger partial charge in [-0.3, -0.25) is 4.57 Å². The number of imidazole rings is 1. The van der Waals surface area contributed by atoms with E-state index in [4.69, 9.17) is 5.11 Å². The zero-order valence-electron chi connectivity index (χ0n) is 7.48. The summed E-state index contributed by atoms with van der Waals surface area (Å²) in [4.78, 5) is 14.4. The van der Waals surface area contributed by atoms with Crippen LogP contribution in [0.5, 0.6) is 0 Å². The van der Waals surface area contributed by atoms with Crippen LogP contribution < -0.4 is 5.32 Å². The summed E-state index contributed by atoms with van der Waals surface area (Å²) >= 11 is 0. The Labute approximate surface area is 75.7 Å². The number of anilines is 1. The van der Waals surface area contributed by atoms with Gasteiger partial charge in [-0.25, -0.2) is 9.78 Å². The summed E-state index contributed by atoms with van der Waals surface area (Å²) in [6.07, 6.45) is 4.98. The van der Waals surface area contributed by atoms with Gasteiger partial charge in [0.15, 0.2) is 5.69 Å². The Morgan fingerprint density at radius 1 is 1.77 bits per heavy atom. The first-order chi connectivity index (χ1) is 6.19. The molecule has 13 heavy (non-hydrogen) atoms. The summed E-state index contributed by atoms with van der Waals surface area (Å²) in [5.41, 5.74) is 0.0300. The lowest BCUT2D eigenvalue weighted by molar-refractivity contribution is 0.0691. The van der Waals surface area contributed by atoms with Crippen LogP contribution in [0.25, 0.3) is 6.20 Å². The van der Waals surface area contributed by atoms with E-state index in [2.05, 4.69) is 10.3 Å². The zero-order valence-corrected chi connectivity index (χ0v) is 7.48. The Bertz CT molecular complexity index is 341. The van der Waals surface area contributed by atoms with Crippen molar-refractivity contribution < 1.29 is 9.90 Å². The van der Waals surface area contributed by atoms with Crippen molar-refractivity contribution >= 4 is 18.1 Å². The van der Waals surface area contributed by atoms with E-state index >= 15 is 0 Å². The molecule has 2 N–H and O–H groups in total. The van der Waals surface area contributed by atoms with E-state index in [1.807, 2.05) is 6.92 Å². The number of carboxylic acids is 1. The number of rotatable bonds is 3. The van der Waals surface area contributed by atoms with Gasteiger partial charge in [-0.15, -0.1) is 0 Å². The Morgan fingerprint density at radius 3 is 2.92 bits per heavy atom. The average Bonchev–Trinajstić information content (AvgIpc) is 2.48. The molecular weight excluding hydrogens is 170 g/mol. The molecule has 0 aliphatic carbocycles. The molecule has 0 saturated heterocycles. The molecule has 0 aliphatic heterocycles. The van der Waals surface area contributed by atoms with E-state index in [-0.39, 0.29) is 5.69 Å². The topological polar surface area (TPSA) is 67.2 Å². The van der Waals surface area contributed by atoms with Crippen molar-refractivity contribution in [3.8, 4) is 0 Å². The summed E-state index contributed by atoms with van der Waals surface area (Å²) in [5, 5.41) is 11.5. The van der Waals surface area contributed by atoms with Crippen LogP contribution >= 0.6 is 0 Å². The number of nitrogens with one attached hydrogen (secondary N) is 1. The highest BCUT2D eigenvalue weighted by Crippen LogP contribution is 2.08. The highest BCUT2D eigenvalue weighted by atomic mass is 16.4. The lowest BCUT2D eigenvalue weighted by Gasteiger charge is -1.97. The van der Waals surface area contributed by atoms with Crippen molar-refractivity contribution in [1.82, 2.24) is 9.55 Å². The third kappa shape index (κ3) is 1.87. The second-order valence-corrected chi connectivity index (χ2v) is 2.39. The first-order valence-corrected chi connectivity index (χ1v) is 3.81. The normalized spacial score (nSPS) is 10.6. The summed E-state index contributed by atoms with van der Waals surface area (Å²) in [7, 11) is 1.69. The summed E-state index contributed by atoms with van der Waals surface area (Å²) in [5.74, 6) is -0.518. The van der Waals surface area contributed by atoms with Gasteiger partial charge in [0.25, 0.3) is 0 Å². The lowest BCUT2D eigenvalue weighted by Crippen LogP contribution is -1.97. The zero-order chi connectivity index (χ0) is 9.84. The molecule has 1 rings (SSSR count). The predicted octanol–water partition coefficient (Wildman–Crippen LogP) is 1.11. The smallest absolute Gasteiger partial charge is 0.356 e. The van der Waals surface area contributed by atoms with Gasteiger partial charge in [0.05, 0.1) is 0 Å². The van der Waals surface area contributed by atoms with Crippen LogP contribution in [0.2, 0.25) is 0 Å². The number of hydrogen-bond acceptors (Lipinski definition) is 3. The molecule has 1 aromatic heterocycles. The molecule has 5 heteroatoms. The highest BCUT2D eigenvalue weighted by Gasteiger charge is 2.09. The van der Waals surface area contributed by atoms with Gasteiger partial charge in [0, 0.05) is 19.4 Å².